The fourth-order valence-electron chi connectivity index (χ4n) is 2.71. The van der Waals surface area contributed by atoms with Crippen molar-refractivity contribution < 1.29 is 14.4 Å². The molecule has 0 bridgehead atoms. The highest BCUT2D eigenvalue weighted by atomic mass is 79.9. The van der Waals surface area contributed by atoms with Crippen molar-refractivity contribution in [3.63, 3.8) is 0 Å². The van der Waals surface area contributed by atoms with Crippen molar-refractivity contribution in [3.05, 3.63) is 75.9 Å². The lowest BCUT2D eigenvalue weighted by Gasteiger charge is -2.12. The van der Waals surface area contributed by atoms with Crippen LogP contribution in [-0.2, 0) is 11.2 Å². The lowest BCUT2D eigenvalue weighted by Crippen LogP contribution is -2.31. The Morgan fingerprint density at radius 2 is 1.88 bits per heavy atom. The Morgan fingerprint density at radius 3 is 2.58 bits per heavy atom. The van der Waals surface area contributed by atoms with Crippen LogP contribution in [0.15, 0.2) is 63.6 Å². The highest BCUT2D eigenvalue weighted by Gasteiger charge is 2.27. The third-order valence-corrected chi connectivity index (χ3v) is 4.62. The maximum atomic E-state index is 12.4. The Kier molecular flexibility index (Phi) is 5.85. The molecule has 0 aliphatic heterocycles. The molecule has 3 rings (SSSR count). The smallest absolute Gasteiger partial charge is 0.253 e. The SMILES string of the molecule is Cc1noc(-c2ccc(Br)cc2)c1C(O)C(=O)NCCc1ccccc1. The van der Waals surface area contributed by atoms with Gasteiger partial charge >= 0.3 is 0 Å². The third kappa shape index (κ3) is 4.20. The molecule has 0 radical (unpaired) electrons. The Balaban J connectivity index is 1.71. The van der Waals surface area contributed by atoms with Crippen LogP contribution in [-0.4, -0.2) is 22.7 Å². The zero-order chi connectivity index (χ0) is 18.5. The Labute approximate surface area is 160 Å². The van der Waals surface area contributed by atoms with Crippen LogP contribution < -0.4 is 5.32 Å². The van der Waals surface area contributed by atoms with E-state index in [2.05, 4.69) is 26.4 Å². The van der Waals surface area contributed by atoms with E-state index in [1.807, 2.05) is 54.6 Å². The summed E-state index contributed by atoms with van der Waals surface area (Å²) in [7, 11) is 0. The number of halogens is 1. The molecule has 0 aliphatic rings. The molecule has 1 unspecified atom stereocenters. The van der Waals surface area contributed by atoms with Gasteiger partial charge in [-0.05, 0) is 31.0 Å². The van der Waals surface area contributed by atoms with Gasteiger partial charge < -0.3 is 14.9 Å². The van der Waals surface area contributed by atoms with Crippen LogP contribution >= 0.6 is 15.9 Å². The minimum atomic E-state index is -1.34. The quantitative estimate of drug-likeness (QED) is 0.642. The summed E-state index contributed by atoms with van der Waals surface area (Å²) in [6, 6.07) is 17.3. The van der Waals surface area contributed by atoms with Crippen molar-refractivity contribution in [2.45, 2.75) is 19.4 Å². The molecular weight excluding hydrogens is 396 g/mol. The summed E-state index contributed by atoms with van der Waals surface area (Å²) < 4.78 is 6.29. The van der Waals surface area contributed by atoms with Crippen LogP contribution in [0.4, 0.5) is 0 Å². The monoisotopic (exact) mass is 414 g/mol. The summed E-state index contributed by atoms with van der Waals surface area (Å²) in [6.45, 7) is 2.15. The first-order chi connectivity index (χ1) is 12.6. The van der Waals surface area contributed by atoms with Crippen molar-refractivity contribution in [2.75, 3.05) is 6.54 Å². The van der Waals surface area contributed by atoms with Crippen molar-refractivity contribution >= 4 is 21.8 Å². The van der Waals surface area contributed by atoms with Gasteiger partial charge in [-0.1, -0.05) is 63.6 Å². The summed E-state index contributed by atoms with van der Waals surface area (Å²) in [5.41, 5.74) is 2.76. The lowest BCUT2D eigenvalue weighted by atomic mass is 10.0. The number of rotatable bonds is 6. The molecule has 3 aromatic rings. The topological polar surface area (TPSA) is 75.4 Å². The number of benzene rings is 2. The van der Waals surface area contributed by atoms with E-state index in [9.17, 15) is 9.90 Å². The molecule has 1 heterocycles. The van der Waals surface area contributed by atoms with Gasteiger partial charge in [-0.25, -0.2) is 0 Å². The summed E-state index contributed by atoms with van der Waals surface area (Å²) in [5, 5.41) is 17.2. The van der Waals surface area contributed by atoms with Crippen molar-refractivity contribution in [1.82, 2.24) is 10.5 Å². The Morgan fingerprint density at radius 1 is 1.19 bits per heavy atom. The Hall–Kier alpha value is -2.44. The van der Waals surface area contributed by atoms with E-state index in [1.165, 1.54) is 0 Å². The largest absolute Gasteiger partial charge is 0.378 e. The predicted octanol–water partition coefficient (Wildman–Crippen LogP) is 3.80. The van der Waals surface area contributed by atoms with Crippen molar-refractivity contribution in [1.29, 1.82) is 0 Å². The summed E-state index contributed by atoms with van der Waals surface area (Å²) in [5.74, 6) is -0.0636. The second kappa shape index (κ2) is 8.29. The van der Waals surface area contributed by atoms with Gasteiger partial charge in [0.25, 0.3) is 5.91 Å². The van der Waals surface area contributed by atoms with Gasteiger partial charge in [-0.2, -0.15) is 0 Å². The fourth-order valence-corrected chi connectivity index (χ4v) is 2.98. The lowest BCUT2D eigenvalue weighted by molar-refractivity contribution is -0.129. The minimum Gasteiger partial charge on any atom is -0.378 e. The second-order valence-electron chi connectivity index (χ2n) is 5.95. The molecule has 0 saturated heterocycles. The van der Waals surface area contributed by atoms with Gasteiger partial charge in [0.05, 0.1) is 11.3 Å². The zero-order valence-electron chi connectivity index (χ0n) is 14.3. The normalized spacial score (nSPS) is 12.0. The van der Waals surface area contributed by atoms with Crippen LogP contribution in [0, 0.1) is 6.92 Å². The predicted molar refractivity (Wildman–Crippen MR) is 102 cm³/mol. The number of aliphatic hydroxyl groups is 1. The highest BCUT2D eigenvalue weighted by Crippen LogP contribution is 2.31. The molecule has 6 heteroatoms. The van der Waals surface area contributed by atoms with Crippen LogP contribution in [0.25, 0.3) is 11.3 Å². The Bertz CT molecular complexity index is 876. The molecule has 1 aromatic heterocycles. The van der Waals surface area contributed by atoms with E-state index in [4.69, 9.17) is 4.52 Å². The van der Waals surface area contributed by atoms with Crippen LogP contribution in [0.3, 0.4) is 0 Å². The summed E-state index contributed by atoms with van der Waals surface area (Å²) in [6.07, 6.45) is -0.641. The summed E-state index contributed by atoms with van der Waals surface area (Å²) >= 11 is 3.38. The number of nitrogens with zero attached hydrogens (tertiary/aromatic N) is 1. The minimum absolute atomic E-state index is 0.393. The molecule has 0 spiro atoms. The molecule has 0 saturated carbocycles. The molecule has 0 fully saturated rings. The van der Waals surface area contributed by atoms with Crippen LogP contribution in [0.5, 0.6) is 0 Å². The molecule has 134 valence electrons. The van der Waals surface area contributed by atoms with E-state index in [0.29, 0.717) is 30.0 Å². The van der Waals surface area contributed by atoms with Crippen LogP contribution in [0.1, 0.15) is 22.9 Å². The van der Waals surface area contributed by atoms with Gasteiger partial charge in [0.2, 0.25) is 0 Å². The first kappa shape index (κ1) is 18.4. The number of nitrogens with one attached hydrogen (secondary N) is 1. The standard InChI is InChI=1S/C20H19BrN2O3/c1-13-17(19(26-23-13)15-7-9-16(21)10-8-15)18(24)20(25)22-12-11-14-5-3-2-4-6-14/h2-10,18,24H,11-12H2,1H3,(H,22,25). The van der Waals surface area contributed by atoms with Crippen LogP contribution in [0.2, 0.25) is 0 Å². The number of hydrogen-bond donors (Lipinski definition) is 2. The van der Waals surface area contributed by atoms with E-state index >= 15 is 0 Å². The van der Waals surface area contributed by atoms with Gasteiger partial charge in [-0.3, -0.25) is 4.79 Å². The average Bonchev–Trinajstić information content (AvgIpc) is 3.04. The third-order valence-electron chi connectivity index (χ3n) is 4.09. The van der Waals surface area contributed by atoms with Gasteiger partial charge in [-0.15, -0.1) is 0 Å². The molecule has 2 N–H and O–H groups in total. The second-order valence-corrected chi connectivity index (χ2v) is 6.86. The first-order valence-corrected chi connectivity index (χ1v) is 9.07. The zero-order valence-corrected chi connectivity index (χ0v) is 15.9. The maximum Gasteiger partial charge on any atom is 0.253 e. The van der Waals surface area contributed by atoms with E-state index < -0.39 is 12.0 Å². The maximum absolute atomic E-state index is 12.4. The number of hydrogen-bond acceptors (Lipinski definition) is 4. The van der Waals surface area contributed by atoms with Gasteiger partial charge in [0.1, 0.15) is 0 Å². The number of amides is 1. The molecule has 0 aliphatic carbocycles. The number of carbonyl (C=O) groups excluding carboxylic acids is 1. The van der Waals surface area contributed by atoms with E-state index in [0.717, 1.165) is 15.6 Å². The number of carbonyl (C=O) groups is 1. The fraction of sp³-hybridized carbons (Fsp3) is 0.200. The first-order valence-electron chi connectivity index (χ1n) is 8.28. The molecule has 1 atom stereocenters. The highest BCUT2D eigenvalue weighted by molar-refractivity contribution is 9.10. The van der Waals surface area contributed by atoms with Gasteiger partial charge in [0, 0.05) is 16.6 Å². The van der Waals surface area contributed by atoms with Crippen molar-refractivity contribution in [3.8, 4) is 11.3 Å². The molecular formula is C20H19BrN2O3. The number of aromatic nitrogens is 1. The number of aryl methyl sites for hydroxylation is 1. The average molecular weight is 415 g/mol. The molecule has 1 amide bonds. The van der Waals surface area contributed by atoms with E-state index in [-0.39, 0.29) is 0 Å². The van der Waals surface area contributed by atoms with E-state index in [1.54, 1.807) is 6.92 Å². The number of aliphatic hydroxyl groups excluding tert-OH is 1. The molecule has 5 nitrogen and oxygen atoms in total. The van der Waals surface area contributed by atoms with Gasteiger partial charge in [0.15, 0.2) is 11.9 Å². The molecule has 2 aromatic carbocycles. The van der Waals surface area contributed by atoms with Crippen molar-refractivity contribution in [2.24, 2.45) is 0 Å². The summed E-state index contributed by atoms with van der Waals surface area (Å²) in [4.78, 5) is 12.4. The molecule has 26 heavy (non-hydrogen) atoms.